The molecule has 0 saturated carbocycles. The largest absolute Gasteiger partial charge is 0.493 e. The number of amides is 2. The first kappa shape index (κ1) is 22.1. The lowest BCUT2D eigenvalue weighted by Gasteiger charge is -2.18. The predicted molar refractivity (Wildman–Crippen MR) is 122 cm³/mol. The van der Waals surface area contributed by atoms with Crippen LogP contribution in [-0.4, -0.2) is 31.6 Å². The Hall–Kier alpha value is -3.58. The van der Waals surface area contributed by atoms with Crippen LogP contribution in [0, 0.1) is 0 Å². The molecule has 0 aliphatic heterocycles. The minimum absolute atomic E-state index is 0.167. The third-order valence-corrected chi connectivity index (χ3v) is 5.11. The van der Waals surface area contributed by atoms with Gasteiger partial charge in [0.1, 0.15) is 12.3 Å². The van der Waals surface area contributed by atoms with E-state index in [-0.39, 0.29) is 24.3 Å². The van der Waals surface area contributed by atoms with E-state index < -0.39 is 5.91 Å². The molecule has 2 N–H and O–H groups in total. The number of nitrogens with one attached hydrogen (secondary N) is 2. The van der Waals surface area contributed by atoms with Crippen molar-refractivity contribution in [3.8, 4) is 11.5 Å². The molecule has 160 valence electrons. The number of hydrogen-bond donors (Lipinski definition) is 2. The lowest BCUT2D eigenvalue weighted by Crippen LogP contribution is -2.41. The van der Waals surface area contributed by atoms with E-state index in [1.807, 2.05) is 42.6 Å². The van der Waals surface area contributed by atoms with Gasteiger partial charge in [-0.2, -0.15) is 0 Å². The number of hydrogen-bond acceptors (Lipinski definition) is 5. The summed E-state index contributed by atoms with van der Waals surface area (Å²) < 4.78 is 11.1. The third-order valence-electron chi connectivity index (χ3n) is 4.29. The molecule has 0 saturated heterocycles. The molecule has 1 aromatic heterocycles. The molecule has 0 spiro atoms. The summed E-state index contributed by atoms with van der Waals surface area (Å²) in [4.78, 5) is 26.4. The fourth-order valence-electron chi connectivity index (χ4n) is 2.75. The molecule has 1 atom stereocenters. The maximum Gasteiger partial charge on any atom is 0.268 e. The van der Waals surface area contributed by atoms with E-state index in [1.165, 1.54) is 11.3 Å². The Morgan fingerprint density at radius 1 is 1.00 bits per heavy atom. The van der Waals surface area contributed by atoms with Gasteiger partial charge in [0, 0.05) is 10.4 Å². The van der Waals surface area contributed by atoms with Crippen LogP contribution < -0.4 is 20.1 Å². The monoisotopic (exact) mass is 436 g/mol. The topological polar surface area (TPSA) is 76.7 Å². The highest BCUT2D eigenvalue weighted by atomic mass is 32.1. The van der Waals surface area contributed by atoms with Crippen molar-refractivity contribution in [1.82, 2.24) is 10.6 Å². The van der Waals surface area contributed by atoms with E-state index in [4.69, 9.17) is 9.47 Å². The van der Waals surface area contributed by atoms with Crippen LogP contribution in [0.4, 0.5) is 0 Å². The van der Waals surface area contributed by atoms with E-state index in [0.717, 1.165) is 4.88 Å². The zero-order valence-corrected chi connectivity index (χ0v) is 18.1. The third kappa shape index (κ3) is 6.45. The zero-order valence-electron chi connectivity index (χ0n) is 17.3. The normalized spacial score (nSPS) is 12.0. The van der Waals surface area contributed by atoms with Crippen LogP contribution >= 0.6 is 11.3 Å². The summed E-state index contributed by atoms with van der Waals surface area (Å²) in [6, 6.07) is 19.5. The zero-order chi connectivity index (χ0) is 22.1. The smallest absolute Gasteiger partial charge is 0.268 e. The first-order valence-electron chi connectivity index (χ1n) is 9.75. The van der Waals surface area contributed by atoms with Gasteiger partial charge < -0.3 is 20.1 Å². The van der Waals surface area contributed by atoms with Crippen LogP contribution in [0.3, 0.4) is 0 Å². The fraction of sp³-hybridized carbons (Fsp3) is 0.167. The number of benzene rings is 2. The van der Waals surface area contributed by atoms with Gasteiger partial charge in [0.25, 0.3) is 11.8 Å². The van der Waals surface area contributed by atoms with Gasteiger partial charge in [0.15, 0.2) is 11.5 Å². The van der Waals surface area contributed by atoms with Crippen LogP contribution in [0.1, 0.15) is 22.2 Å². The second-order valence-corrected chi connectivity index (χ2v) is 7.71. The van der Waals surface area contributed by atoms with E-state index in [1.54, 1.807) is 49.6 Å². The van der Waals surface area contributed by atoms with E-state index >= 15 is 0 Å². The highest BCUT2D eigenvalue weighted by Crippen LogP contribution is 2.25. The molecule has 7 heteroatoms. The van der Waals surface area contributed by atoms with Crippen LogP contribution in [0.15, 0.2) is 77.8 Å². The molecule has 0 radical (unpaired) electrons. The van der Waals surface area contributed by atoms with Crippen molar-refractivity contribution in [1.29, 1.82) is 0 Å². The molecule has 0 fully saturated rings. The Balaban J connectivity index is 1.67. The highest BCUT2D eigenvalue weighted by Gasteiger charge is 2.17. The second kappa shape index (κ2) is 11.0. The molecule has 6 nitrogen and oxygen atoms in total. The van der Waals surface area contributed by atoms with Gasteiger partial charge in [-0.25, -0.2) is 0 Å². The quantitative estimate of drug-likeness (QED) is 0.495. The highest BCUT2D eigenvalue weighted by molar-refractivity contribution is 7.10. The average molecular weight is 437 g/mol. The summed E-state index contributed by atoms with van der Waals surface area (Å²) in [7, 11) is 1.57. The number of carbonyl (C=O) groups excluding carboxylic acids is 2. The van der Waals surface area contributed by atoms with Crippen molar-refractivity contribution in [2.24, 2.45) is 0 Å². The summed E-state index contributed by atoms with van der Waals surface area (Å²) in [6.07, 6.45) is 1.66. The summed E-state index contributed by atoms with van der Waals surface area (Å²) in [5.74, 6) is 0.470. The van der Waals surface area contributed by atoms with E-state index in [2.05, 4.69) is 10.6 Å². The maximum atomic E-state index is 12.9. The standard InChI is InChI=1S/C24H24N2O4S/c1-17(16-30-22-13-7-6-12-21(22)29-2)25-24(28)20(15-19-11-8-14-31-19)26-23(27)18-9-4-3-5-10-18/h3-15,17H,16H2,1-2H3,(H,25,28)(H,26,27)/b20-15-/t17-/m1/s1. The maximum absolute atomic E-state index is 12.9. The van der Waals surface area contributed by atoms with Crippen molar-refractivity contribution < 1.29 is 19.1 Å². The Kier molecular flexibility index (Phi) is 7.84. The summed E-state index contributed by atoms with van der Waals surface area (Å²) in [6.45, 7) is 2.07. The lowest BCUT2D eigenvalue weighted by molar-refractivity contribution is -0.118. The van der Waals surface area contributed by atoms with Gasteiger partial charge in [-0.1, -0.05) is 36.4 Å². The van der Waals surface area contributed by atoms with Gasteiger partial charge in [0.05, 0.1) is 13.2 Å². The predicted octanol–water partition coefficient (Wildman–Crippen LogP) is 4.11. The summed E-state index contributed by atoms with van der Waals surface area (Å²) >= 11 is 1.48. The van der Waals surface area contributed by atoms with Gasteiger partial charge in [-0.3, -0.25) is 9.59 Å². The second-order valence-electron chi connectivity index (χ2n) is 6.73. The molecule has 2 amide bonds. The van der Waals surface area contributed by atoms with Gasteiger partial charge in [-0.15, -0.1) is 11.3 Å². The number of para-hydroxylation sites is 2. The van der Waals surface area contributed by atoms with Gasteiger partial charge in [-0.05, 0) is 48.7 Å². The minimum Gasteiger partial charge on any atom is -0.493 e. The van der Waals surface area contributed by atoms with Crippen molar-refractivity contribution in [3.05, 3.63) is 88.2 Å². The van der Waals surface area contributed by atoms with E-state index in [0.29, 0.717) is 17.1 Å². The summed E-state index contributed by atoms with van der Waals surface area (Å²) in [5, 5.41) is 7.51. The SMILES string of the molecule is COc1ccccc1OC[C@@H](C)NC(=O)/C(=C/c1cccs1)NC(=O)c1ccccc1. The molecule has 2 aromatic carbocycles. The van der Waals surface area contributed by atoms with Crippen molar-refractivity contribution in [2.45, 2.75) is 13.0 Å². The van der Waals surface area contributed by atoms with Crippen molar-refractivity contribution in [3.63, 3.8) is 0 Å². The van der Waals surface area contributed by atoms with Crippen molar-refractivity contribution in [2.75, 3.05) is 13.7 Å². The lowest BCUT2D eigenvalue weighted by atomic mass is 10.2. The van der Waals surface area contributed by atoms with Crippen LogP contribution in [0.5, 0.6) is 11.5 Å². The molecule has 31 heavy (non-hydrogen) atoms. The number of thiophene rings is 1. The number of rotatable bonds is 9. The molecule has 0 unspecified atom stereocenters. The minimum atomic E-state index is -0.395. The van der Waals surface area contributed by atoms with E-state index in [9.17, 15) is 9.59 Å². The fourth-order valence-corrected chi connectivity index (χ4v) is 3.41. The Bertz CT molecular complexity index is 1030. The van der Waals surface area contributed by atoms with Crippen LogP contribution in [-0.2, 0) is 4.79 Å². The number of ether oxygens (including phenoxy) is 2. The summed E-state index contributed by atoms with van der Waals surface area (Å²) in [5.41, 5.74) is 0.639. The molecular formula is C24H24N2O4S. The molecule has 0 bridgehead atoms. The molecule has 0 aliphatic carbocycles. The first-order valence-corrected chi connectivity index (χ1v) is 10.6. The first-order chi connectivity index (χ1) is 15.1. The number of carbonyl (C=O) groups is 2. The van der Waals surface area contributed by atoms with Gasteiger partial charge in [0.2, 0.25) is 0 Å². The molecule has 1 heterocycles. The molecular weight excluding hydrogens is 412 g/mol. The Morgan fingerprint density at radius 3 is 2.39 bits per heavy atom. The molecule has 3 rings (SSSR count). The average Bonchev–Trinajstić information content (AvgIpc) is 3.31. The van der Waals surface area contributed by atoms with Crippen molar-refractivity contribution >= 4 is 29.2 Å². The Labute approximate surface area is 185 Å². The molecule has 3 aromatic rings. The van der Waals surface area contributed by atoms with Crippen LogP contribution in [0.2, 0.25) is 0 Å². The number of methoxy groups -OCH3 is 1. The van der Waals surface area contributed by atoms with Crippen LogP contribution in [0.25, 0.3) is 6.08 Å². The van der Waals surface area contributed by atoms with Gasteiger partial charge >= 0.3 is 0 Å². The Morgan fingerprint density at radius 2 is 1.71 bits per heavy atom. The molecule has 0 aliphatic rings.